The van der Waals surface area contributed by atoms with E-state index in [0.717, 1.165) is 30.0 Å². The molecule has 0 aromatic heterocycles. The molecule has 0 aliphatic heterocycles. The molecule has 0 aliphatic rings. The van der Waals surface area contributed by atoms with Crippen molar-refractivity contribution in [1.29, 1.82) is 0 Å². The summed E-state index contributed by atoms with van der Waals surface area (Å²) in [5.74, 6) is 1.55. The summed E-state index contributed by atoms with van der Waals surface area (Å²) in [6, 6.07) is 15.5. The van der Waals surface area contributed by atoms with E-state index in [0.29, 0.717) is 44.4 Å². The number of hydrogen-bond donors (Lipinski definition) is 2. The lowest BCUT2D eigenvalue weighted by Gasteiger charge is -2.18. The first-order valence-electron chi connectivity index (χ1n) is 11.3. The second-order valence-corrected chi connectivity index (χ2v) is 7.22. The summed E-state index contributed by atoms with van der Waals surface area (Å²) in [6.45, 7) is 9.96. The molecule has 2 aromatic carbocycles. The fourth-order valence-corrected chi connectivity index (χ4v) is 3.12. The minimum absolute atomic E-state index is 0.0596. The number of rotatable bonds is 12. The Bertz CT molecular complexity index is 849. The van der Waals surface area contributed by atoms with Gasteiger partial charge in [0.1, 0.15) is 5.75 Å². The highest BCUT2D eigenvalue weighted by molar-refractivity contribution is 5.94. The first kappa shape index (κ1) is 25.2. The average molecular weight is 441 g/mol. The van der Waals surface area contributed by atoms with Crippen LogP contribution >= 0.6 is 0 Å². The smallest absolute Gasteiger partial charge is 0.253 e. The van der Waals surface area contributed by atoms with E-state index in [-0.39, 0.29) is 5.91 Å². The molecule has 0 saturated heterocycles. The minimum atomic E-state index is 0.0596. The summed E-state index contributed by atoms with van der Waals surface area (Å²) in [5.41, 5.74) is 2.64. The highest BCUT2D eigenvalue weighted by atomic mass is 16.5. The van der Waals surface area contributed by atoms with Crippen LogP contribution in [0.4, 0.5) is 5.69 Å². The Morgan fingerprint density at radius 2 is 1.78 bits per heavy atom. The summed E-state index contributed by atoms with van der Waals surface area (Å²) in [4.78, 5) is 19.0. The molecule has 2 rings (SSSR count). The van der Waals surface area contributed by atoms with Crippen LogP contribution in [0.2, 0.25) is 0 Å². The molecule has 0 radical (unpaired) electrons. The number of hydrogen-bond acceptors (Lipinski definition) is 4. The normalized spacial score (nSPS) is 11.2. The van der Waals surface area contributed by atoms with Gasteiger partial charge < -0.3 is 25.0 Å². The molecule has 2 N–H and O–H groups in total. The van der Waals surface area contributed by atoms with Crippen LogP contribution in [0.15, 0.2) is 53.5 Å². The summed E-state index contributed by atoms with van der Waals surface area (Å²) in [5, 5.41) is 6.59. The van der Waals surface area contributed by atoms with Crippen molar-refractivity contribution in [3.63, 3.8) is 0 Å². The molecule has 2 aromatic rings. The Hall–Kier alpha value is -3.06. The molecule has 0 unspecified atom stereocenters. The van der Waals surface area contributed by atoms with Gasteiger partial charge in [0, 0.05) is 57.1 Å². The molecule has 7 nitrogen and oxygen atoms in total. The number of amides is 1. The van der Waals surface area contributed by atoms with E-state index >= 15 is 0 Å². The van der Waals surface area contributed by atoms with Gasteiger partial charge in [-0.15, -0.1) is 0 Å². The van der Waals surface area contributed by atoms with Gasteiger partial charge in [-0.1, -0.05) is 18.2 Å². The number of ether oxygens (including phenoxy) is 2. The van der Waals surface area contributed by atoms with Gasteiger partial charge in [0.2, 0.25) is 0 Å². The van der Waals surface area contributed by atoms with Crippen LogP contribution in [0.5, 0.6) is 5.75 Å². The topological polar surface area (TPSA) is 75.2 Å². The molecule has 0 fully saturated rings. The molecule has 0 heterocycles. The Morgan fingerprint density at radius 3 is 2.44 bits per heavy atom. The number of guanidine groups is 1. The number of nitrogens with one attached hydrogen (secondary N) is 2. The molecule has 0 bridgehead atoms. The van der Waals surface area contributed by atoms with E-state index < -0.39 is 0 Å². The van der Waals surface area contributed by atoms with Gasteiger partial charge in [0.05, 0.1) is 13.2 Å². The van der Waals surface area contributed by atoms with Gasteiger partial charge in [-0.25, -0.2) is 4.99 Å². The lowest BCUT2D eigenvalue weighted by atomic mass is 10.1. The quantitative estimate of drug-likeness (QED) is 0.294. The largest absolute Gasteiger partial charge is 0.493 e. The number of anilines is 1. The van der Waals surface area contributed by atoms with Crippen molar-refractivity contribution < 1.29 is 14.3 Å². The van der Waals surface area contributed by atoms with Crippen molar-refractivity contribution in [2.45, 2.75) is 33.7 Å². The van der Waals surface area contributed by atoms with Crippen molar-refractivity contribution in [1.82, 2.24) is 10.2 Å². The van der Waals surface area contributed by atoms with Gasteiger partial charge in [-0.3, -0.25) is 4.79 Å². The zero-order valence-electron chi connectivity index (χ0n) is 19.7. The van der Waals surface area contributed by atoms with Crippen molar-refractivity contribution in [2.75, 3.05) is 45.3 Å². The van der Waals surface area contributed by atoms with E-state index in [1.54, 1.807) is 7.11 Å². The van der Waals surface area contributed by atoms with E-state index in [2.05, 4.69) is 15.6 Å². The Kier molecular flexibility index (Phi) is 11.1. The predicted octanol–water partition coefficient (Wildman–Crippen LogP) is 4.16. The summed E-state index contributed by atoms with van der Waals surface area (Å²) < 4.78 is 10.8. The van der Waals surface area contributed by atoms with Gasteiger partial charge in [-0.05, 0) is 50.6 Å². The molecular weight excluding hydrogens is 404 g/mol. The van der Waals surface area contributed by atoms with Crippen LogP contribution in [0, 0.1) is 0 Å². The van der Waals surface area contributed by atoms with Crippen LogP contribution in [-0.4, -0.2) is 56.7 Å². The molecule has 32 heavy (non-hydrogen) atoms. The third-order valence-electron chi connectivity index (χ3n) is 4.87. The first-order valence-corrected chi connectivity index (χ1v) is 11.3. The zero-order chi connectivity index (χ0) is 23.2. The summed E-state index contributed by atoms with van der Waals surface area (Å²) in [6.07, 6.45) is 0.845. The Balaban J connectivity index is 2.00. The maximum atomic E-state index is 12.5. The van der Waals surface area contributed by atoms with E-state index in [9.17, 15) is 4.79 Å². The van der Waals surface area contributed by atoms with Crippen LogP contribution in [0.25, 0.3) is 0 Å². The molecule has 0 spiro atoms. The second kappa shape index (κ2) is 14.1. The number of aliphatic imine (C=N–C) groups is 1. The maximum Gasteiger partial charge on any atom is 0.253 e. The monoisotopic (exact) mass is 440 g/mol. The average Bonchev–Trinajstić information content (AvgIpc) is 2.82. The molecular formula is C25H36N4O3. The fraction of sp³-hybridized carbons (Fsp3) is 0.440. The molecule has 0 atom stereocenters. The van der Waals surface area contributed by atoms with Crippen molar-refractivity contribution in [3.05, 3.63) is 59.7 Å². The maximum absolute atomic E-state index is 12.5. The number of carbonyl (C=O) groups is 1. The van der Waals surface area contributed by atoms with Gasteiger partial charge >= 0.3 is 0 Å². The van der Waals surface area contributed by atoms with E-state index in [1.807, 2.05) is 74.2 Å². The van der Waals surface area contributed by atoms with Crippen molar-refractivity contribution >= 4 is 17.6 Å². The number of methoxy groups -OCH3 is 1. The Labute approximate surface area is 191 Å². The van der Waals surface area contributed by atoms with E-state index in [1.165, 1.54) is 0 Å². The minimum Gasteiger partial charge on any atom is -0.493 e. The standard InChI is InChI=1S/C25H36N4O3/c1-5-26-25(28-22-10-8-11-23(18-22)32-17-9-16-31-4)27-19-20-12-14-21(15-13-20)24(30)29(6-2)7-3/h8,10-15,18H,5-7,9,16-17,19H2,1-4H3,(H2,26,27,28). The lowest BCUT2D eigenvalue weighted by molar-refractivity contribution is 0.0773. The van der Waals surface area contributed by atoms with Crippen LogP contribution in [0.3, 0.4) is 0 Å². The van der Waals surface area contributed by atoms with Crippen LogP contribution < -0.4 is 15.4 Å². The lowest BCUT2D eigenvalue weighted by Crippen LogP contribution is -2.30. The number of carbonyl (C=O) groups excluding carboxylic acids is 1. The number of benzene rings is 2. The first-order chi connectivity index (χ1) is 15.6. The third-order valence-corrected chi connectivity index (χ3v) is 4.87. The molecule has 1 amide bonds. The molecule has 174 valence electrons. The van der Waals surface area contributed by atoms with Crippen molar-refractivity contribution in [2.24, 2.45) is 4.99 Å². The fourth-order valence-electron chi connectivity index (χ4n) is 3.12. The highest BCUT2D eigenvalue weighted by Gasteiger charge is 2.11. The number of nitrogens with zero attached hydrogens (tertiary/aromatic N) is 2. The Morgan fingerprint density at radius 1 is 1.03 bits per heavy atom. The third kappa shape index (κ3) is 8.23. The highest BCUT2D eigenvalue weighted by Crippen LogP contribution is 2.17. The van der Waals surface area contributed by atoms with Crippen molar-refractivity contribution in [3.8, 4) is 5.75 Å². The van der Waals surface area contributed by atoms with Gasteiger partial charge in [-0.2, -0.15) is 0 Å². The molecule has 7 heteroatoms. The van der Waals surface area contributed by atoms with Crippen LogP contribution in [0.1, 0.15) is 43.1 Å². The molecule has 0 saturated carbocycles. The predicted molar refractivity (Wildman–Crippen MR) is 131 cm³/mol. The van der Waals surface area contributed by atoms with Gasteiger partial charge in [0.15, 0.2) is 5.96 Å². The van der Waals surface area contributed by atoms with Gasteiger partial charge in [0.25, 0.3) is 5.91 Å². The van der Waals surface area contributed by atoms with Crippen LogP contribution in [-0.2, 0) is 11.3 Å². The summed E-state index contributed by atoms with van der Waals surface area (Å²) >= 11 is 0. The molecule has 0 aliphatic carbocycles. The zero-order valence-corrected chi connectivity index (χ0v) is 19.7. The summed E-state index contributed by atoms with van der Waals surface area (Å²) in [7, 11) is 1.69. The SMILES string of the molecule is CCNC(=NCc1ccc(C(=O)N(CC)CC)cc1)Nc1cccc(OCCCOC)c1. The van der Waals surface area contributed by atoms with E-state index in [4.69, 9.17) is 9.47 Å². The second-order valence-electron chi connectivity index (χ2n) is 7.22.